The first-order valence-corrected chi connectivity index (χ1v) is 11.2. The summed E-state index contributed by atoms with van der Waals surface area (Å²) >= 11 is 1.15. The second kappa shape index (κ2) is 11.0. The third-order valence-electron chi connectivity index (χ3n) is 3.60. The second-order valence-electron chi connectivity index (χ2n) is 5.91. The average Bonchev–Trinajstić information content (AvgIpc) is 3.07. The van der Waals surface area contributed by atoms with Gasteiger partial charge in [-0.3, -0.25) is 9.52 Å². The SMILES string of the molecule is CCCCOCCCNC(=O)Cc1csc(NS(=O)(=O)c2ccccc2)n1. The Labute approximate surface area is 164 Å². The lowest BCUT2D eigenvalue weighted by atomic mass is 10.3. The number of thiazole rings is 1. The third-order valence-corrected chi connectivity index (χ3v) is 5.89. The molecule has 7 nitrogen and oxygen atoms in total. The molecule has 148 valence electrons. The normalized spacial score (nSPS) is 11.3. The Kier molecular flexibility index (Phi) is 8.70. The number of unbranched alkanes of at least 4 members (excludes halogenated alkanes) is 1. The summed E-state index contributed by atoms with van der Waals surface area (Å²) in [6, 6.07) is 8.07. The number of hydrogen-bond donors (Lipinski definition) is 2. The molecule has 2 N–H and O–H groups in total. The Bertz CT molecular complexity index is 807. The van der Waals surface area contributed by atoms with E-state index in [9.17, 15) is 13.2 Å². The molecule has 0 fully saturated rings. The van der Waals surface area contributed by atoms with E-state index in [1.54, 1.807) is 23.6 Å². The zero-order chi connectivity index (χ0) is 19.5. The van der Waals surface area contributed by atoms with Crippen molar-refractivity contribution in [2.45, 2.75) is 37.5 Å². The minimum absolute atomic E-state index is 0.111. The Morgan fingerprint density at radius 3 is 2.67 bits per heavy atom. The molecule has 0 atom stereocenters. The van der Waals surface area contributed by atoms with Gasteiger partial charge in [0.05, 0.1) is 17.0 Å². The van der Waals surface area contributed by atoms with Crippen LogP contribution in [0.15, 0.2) is 40.6 Å². The number of sulfonamides is 1. The van der Waals surface area contributed by atoms with Crippen molar-refractivity contribution in [3.05, 3.63) is 41.4 Å². The monoisotopic (exact) mass is 411 g/mol. The molecule has 1 aromatic heterocycles. The minimum Gasteiger partial charge on any atom is -0.381 e. The van der Waals surface area contributed by atoms with Gasteiger partial charge in [-0.15, -0.1) is 11.3 Å². The van der Waals surface area contributed by atoms with Gasteiger partial charge in [-0.25, -0.2) is 13.4 Å². The van der Waals surface area contributed by atoms with Crippen LogP contribution >= 0.6 is 11.3 Å². The number of hydrogen-bond acceptors (Lipinski definition) is 6. The molecule has 0 spiro atoms. The van der Waals surface area contributed by atoms with Crippen LogP contribution in [-0.2, 0) is 26.0 Å². The van der Waals surface area contributed by atoms with Crippen molar-refractivity contribution in [1.82, 2.24) is 10.3 Å². The standard InChI is InChI=1S/C18H25N3O4S2/c1-2-3-11-25-12-7-10-19-17(22)13-15-14-26-18(20-15)21-27(23,24)16-8-5-4-6-9-16/h4-6,8-9,14H,2-3,7,10-13H2,1H3,(H,19,22)(H,20,21). The number of nitrogens with zero attached hydrogens (tertiary/aromatic N) is 1. The number of amides is 1. The van der Waals surface area contributed by atoms with Crippen molar-refractivity contribution in [1.29, 1.82) is 0 Å². The number of carbonyl (C=O) groups is 1. The molecule has 0 saturated carbocycles. The van der Waals surface area contributed by atoms with Crippen LogP contribution in [0.2, 0.25) is 0 Å². The quantitative estimate of drug-likeness (QED) is 0.524. The lowest BCUT2D eigenvalue weighted by Crippen LogP contribution is -2.27. The lowest BCUT2D eigenvalue weighted by molar-refractivity contribution is -0.120. The van der Waals surface area contributed by atoms with Gasteiger partial charge in [0.1, 0.15) is 0 Å². The van der Waals surface area contributed by atoms with Gasteiger partial charge >= 0.3 is 0 Å². The lowest BCUT2D eigenvalue weighted by Gasteiger charge is -2.05. The van der Waals surface area contributed by atoms with Crippen LogP contribution in [0.3, 0.4) is 0 Å². The summed E-state index contributed by atoms with van der Waals surface area (Å²) in [6.45, 7) is 4.04. The predicted molar refractivity (Wildman–Crippen MR) is 106 cm³/mol. The molecular weight excluding hydrogens is 386 g/mol. The molecule has 1 aromatic carbocycles. The van der Waals surface area contributed by atoms with Crippen molar-refractivity contribution < 1.29 is 17.9 Å². The summed E-state index contributed by atoms with van der Waals surface area (Å²) in [6.07, 6.45) is 3.02. The highest BCUT2D eigenvalue weighted by Gasteiger charge is 2.16. The summed E-state index contributed by atoms with van der Waals surface area (Å²) in [7, 11) is -3.67. The van der Waals surface area contributed by atoms with Gasteiger partial charge in [0, 0.05) is 25.1 Å². The third kappa shape index (κ3) is 7.66. The van der Waals surface area contributed by atoms with Gasteiger partial charge in [0.15, 0.2) is 5.13 Å². The predicted octanol–water partition coefficient (Wildman–Crippen LogP) is 2.81. The number of aromatic nitrogens is 1. The zero-order valence-electron chi connectivity index (χ0n) is 15.3. The molecular formula is C18H25N3O4S2. The van der Waals surface area contributed by atoms with Crippen molar-refractivity contribution in [2.75, 3.05) is 24.5 Å². The van der Waals surface area contributed by atoms with E-state index >= 15 is 0 Å². The summed E-state index contributed by atoms with van der Waals surface area (Å²) in [5, 5.41) is 4.73. The maximum Gasteiger partial charge on any atom is 0.263 e. The van der Waals surface area contributed by atoms with Crippen LogP contribution in [0.1, 0.15) is 31.9 Å². The topological polar surface area (TPSA) is 97.4 Å². The Hall–Kier alpha value is -1.97. The van der Waals surface area contributed by atoms with Gasteiger partial charge in [-0.05, 0) is 25.0 Å². The van der Waals surface area contributed by atoms with Gasteiger partial charge in [0.25, 0.3) is 10.0 Å². The van der Waals surface area contributed by atoms with Gasteiger partial charge in [-0.2, -0.15) is 0 Å². The molecule has 9 heteroatoms. The summed E-state index contributed by atoms with van der Waals surface area (Å²) in [4.78, 5) is 16.3. The molecule has 0 aliphatic carbocycles. The first kappa shape index (κ1) is 21.3. The van der Waals surface area contributed by atoms with E-state index in [1.807, 2.05) is 0 Å². The number of nitrogens with one attached hydrogen (secondary N) is 2. The Morgan fingerprint density at radius 1 is 1.19 bits per heavy atom. The highest BCUT2D eigenvalue weighted by molar-refractivity contribution is 7.93. The van der Waals surface area contributed by atoms with E-state index in [4.69, 9.17) is 4.74 Å². The molecule has 0 radical (unpaired) electrons. The fraction of sp³-hybridized carbons (Fsp3) is 0.444. The number of benzene rings is 1. The maximum absolute atomic E-state index is 12.3. The summed E-state index contributed by atoms with van der Waals surface area (Å²) in [5.74, 6) is -0.147. The van der Waals surface area contributed by atoms with Crippen LogP contribution in [0.4, 0.5) is 5.13 Å². The smallest absolute Gasteiger partial charge is 0.263 e. The van der Waals surface area contributed by atoms with Crippen molar-refractivity contribution in [3.8, 4) is 0 Å². The fourth-order valence-corrected chi connectivity index (χ4v) is 4.17. The first-order valence-electron chi connectivity index (χ1n) is 8.88. The van der Waals surface area contributed by atoms with Crippen molar-refractivity contribution in [2.24, 2.45) is 0 Å². The number of ether oxygens (including phenoxy) is 1. The highest BCUT2D eigenvalue weighted by Crippen LogP contribution is 2.20. The van der Waals surface area contributed by atoms with E-state index < -0.39 is 10.0 Å². The molecule has 2 rings (SSSR count). The summed E-state index contributed by atoms with van der Waals surface area (Å²) in [5.41, 5.74) is 0.530. The van der Waals surface area contributed by atoms with Crippen LogP contribution < -0.4 is 10.0 Å². The van der Waals surface area contributed by atoms with Gasteiger partial charge in [-0.1, -0.05) is 31.5 Å². The van der Waals surface area contributed by atoms with Gasteiger partial charge in [0.2, 0.25) is 5.91 Å². The van der Waals surface area contributed by atoms with E-state index in [0.29, 0.717) is 18.8 Å². The Morgan fingerprint density at radius 2 is 1.93 bits per heavy atom. The van der Waals surface area contributed by atoms with Crippen LogP contribution in [0.25, 0.3) is 0 Å². The number of rotatable bonds is 12. The molecule has 0 aliphatic heterocycles. The molecule has 0 bridgehead atoms. The number of anilines is 1. The molecule has 0 unspecified atom stereocenters. The fourth-order valence-electron chi connectivity index (χ4n) is 2.19. The Balaban J connectivity index is 1.74. The molecule has 1 heterocycles. The summed E-state index contributed by atoms with van der Waals surface area (Å²) < 4.78 is 32.4. The van der Waals surface area contributed by atoms with E-state index in [0.717, 1.165) is 37.2 Å². The van der Waals surface area contributed by atoms with E-state index in [2.05, 4.69) is 21.9 Å². The zero-order valence-corrected chi connectivity index (χ0v) is 16.9. The van der Waals surface area contributed by atoms with Gasteiger partial charge < -0.3 is 10.1 Å². The largest absolute Gasteiger partial charge is 0.381 e. The van der Waals surface area contributed by atoms with Crippen molar-refractivity contribution in [3.63, 3.8) is 0 Å². The van der Waals surface area contributed by atoms with Crippen molar-refractivity contribution >= 4 is 32.4 Å². The maximum atomic E-state index is 12.3. The molecule has 27 heavy (non-hydrogen) atoms. The van der Waals surface area contributed by atoms with Crippen LogP contribution in [0, 0.1) is 0 Å². The van der Waals surface area contributed by atoms with Crippen LogP contribution in [-0.4, -0.2) is 39.1 Å². The average molecular weight is 412 g/mol. The molecule has 2 aromatic rings. The van der Waals surface area contributed by atoms with Crippen LogP contribution in [0.5, 0.6) is 0 Å². The highest BCUT2D eigenvalue weighted by atomic mass is 32.2. The van der Waals surface area contributed by atoms with E-state index in [1.165, 1.54) is 12.1 Å². The molecule has 0 aliphatic rings. The van der Waals surface area contributed by atoms with E-state index in [-0.39, 0.29) is 22.4 Å². The molecule has 1 amide bonds. The molecule has 0 saturated heterocycles. The second-order valence-corrected chi connectivity index (χ2v) is 8.45. The minimum atomic E-state index is -3.67. The number of carbonyl (C=O) groups excluding carboxylic acids is 1. The first-order chi connectivity index (χ1) is 13.0.